The Labute approximate surface area is 181 Å². The van der Waals surface area contributed by atoms with Crippen LogP contribution in [0.15, 0.2) is 46.2 Å². The predicted octanol–water partition coefficient (Wildman–Crippen LogP) is 3.66. The molecule has 158 valence electrons. The van der Waals surface area contributed by atoms with Gasteiger partial charge in [0.1, 0.15) is 10.6 Å². The number of fused-ring (bicyclic) bond motifs is 1. The van der Waals surface area contributed by atoms with Crippen LogP contribution in [0.1, 0.15) is 21.6 Å². The Morgan fingerprint density at radius 2 is 1.63 bits per heavy atom. The van der Waals surface area contributed by atoms with E-state index in [9.17, 15) is 13.2 Å². The van der Waals surface area contributed by atoms with Gasteiger partial charge in [-0.2, -0.15) is 0 Å². The van der Waals surface area contributed by atoms with Crippen LogP contribution in [-0.4, -0.2) is 62.3 Å². The maximum Gasteiger partial charge on any atom is 0.271 e. The zero-order valence-corrected chi connectivity index (χ0v) is 18.8. The summed E-state index contributed by atoms with van der Waals surface area (Å²) in [4.78, 5) is 20.4. The molecule has 1 aromatic heterocycles. The second-order valence-electron chi connectivity index (χ2n) is 7.94. The van der Waals surface area contributed by atoms with E-state index in [1.54, 1.807) is 35.2 Å². The Balaban J connectivity index is 1.92. The number of nitrogens with zero attached hydrogens (tertiary/aromatic N) is 2. The van der Waals surface area contributed by atoms with Gasteiger partial charge in [0.15, 0.2) is 0 Å². The molecular formula is C22H24ClN3O3S. The summed E-state index contributed by atoms with van der Waals surface area (Å²) in [7, 11) is -1.95. The zero-order chi connectivity index (χ0) is 21.6. The van der Waals surface area contributed by atoms with E-state index in [1.165, 1.54) is 0 Å². The van der Waals surface area contributed by atoms with Crippen molar-refractivity contribution >= 4 is 38.2 Å². The number of rotatable bonds is 3. The molecule has 6 nitrogen and oxygen atoms in total. The third-order valence-electron chi connectivity index (χ3n) is 5.49. The number of aryl methyl sites for hydroxylation is 2. The van der Waals surface area contributed by atoms with Crippen molar-refractivity contribution in [2.24, 2.45) is 0 Å². The number of hydrogen-bond acceptors (Lipinski definition) is 4. The first-order valence-electron chi connectivity index (χ1n) is 9.79. The van der Waals surface area contributed by atoms with Crippen molar-refractivity contribution in [3.05, 3.63) is 58.2 Å². The van der Waals surface area contributed by atoms with Gasteiger partial charge in [-0.25, -0.2) is 8.42 Å². The van der Waals surface area contributed by atoms with Gasteiger partial charge in [0, 0.05) is 42.1 Å². The number of carbonyl (C=O) groups excluding carboxylic acids is 1. The molecule has 0 atom stereocenters. The Bertz CT molecular complexity index is 1220. The van der Waals surface area contributed by atoms with Gasteiger partial charge in [0.2, 0.25) is 9.84 Å². The summed E-state index contributed by atoms with van der Waals surface area (Å²) >= 11 is 6.18. The molecule has 0 bridgehead atoms. The second kappa shape index (κ2) is 7.72. The van der Waals surface area contributed by atoms with E-state index in [4.69, 9.17) is 11.6 Å². The highest BCUT2D eigenvalue weighted by atomic mass is 35.5. The third kappa shape index (κ3) is 3.73. The quantitative estimate of drug-likeness (QED) is 0.667. The van der Waals surface area contributed by atoms with Crippen LogP contribution in [0.4, 0.5) is 0 Å². The number of amides is 1. The molecule has 0 radical (unpaired) electrons. The molecule has 0 saturated carbocycles. The lowest BCUT2D eigenvalue weighted by Crippen LogP contribution is -2.47. The number of hydrogen-bond donors (Lipinski definition) is 1. The van der Waals surface area contributed by atoms with Gasteiger partial charge in [0.05, 0.1) is 4.90 Å². The molecule has 30 heavy (non-hydrogen) atoms. The van der Waals surface area contributed by atoms with Crippen molar-refractivity contribution in [2.75, 3.05) is 33.2 Å². The largest absolute Gasteiger partial charge is 0.349 e. The minimum atomic E-state index is -3.96. The zero-order valence-electron chi connectivity index (χ0n) is 17.2. The Morgan fingerprint density at radius 1 is 1.00 bits per heavy atom. The average molecular weight is 446 g/mol. The van der Waals surface area contributed by atoms with Crippen molar-refractivity contribution in [3.8, 4) is 0 Å². The summed E-state index contributed by atoms with van der Waals surface area (Å²) < 4.78 is 27.5. The summed E-state index contributed by atoms with van der Waals surface area (Å²) in [5.74, 6) is -0.307. The standard InChI is InChI=1S/C22H24ClN3O3S/c1-14-10-15(2)12-17(11-14)30(28,29)21-18-13-16(23)4-5-19(18)24-20(21)22(27)26-8-6-25(3)7-9-26/h4-5,10-13,24H,6-9H2,1-3H3. The van der Waals surface area contributed by atoms with Crippen molar-refractivity contribution in [1.82, 2.24) is 14.8 Å². The number of carbonyl (C=O) groups is 1. The minimum Gasteiger partial charge on any atom is -0.349 e. The fraction of sp³-hybridized carbons (Fsp3) is 0.318. The van der Waals surface area contributed by atoms with Crippen molar-refractivity contribution in [2.45, 2.75) is 23.6 Å². The highest BCUT2D eigenvalue weighted by Gasteiger charge is 2.32. The number of likely N-dealkylation sites (N-methyl/N-ethyl adjacent to an activating group) is 1. The van der Waals surface area contributed by atoms with Crippen LogP contribution >= 0.6 is 11.6 Å². The van der Waals surface area contributed by atoms with Gasteiger partial charge in [0.25, 0.3) is 5.91 Å². The molecule has 0 spiro atoms. The summed E-state index contributed by atoms with van der Waals surface area (Å²) in [5, 5.41) is 0.844. The van der Waals surface area contributed by atoms with E-state index in [-0.39, 0.29) is 21.4 Å². The summed E-state index contributed by atoms with van der Waals surface area (Å²) in [6, 6.07) is 10.2. The van der Waals surface area contributed by atoms with Crippen molar-refractivity contribution < 1.29 is 13.2 Å². The molecule has 2 heterocycles. The van der Waals surface area contributed by atoms with E-state index in [0.29, 0.717) is 29.0 Å². The first kappa shape index (κ1) is 20.9. The summed E-state index contributed by atoms with van der Waals surface area (Å²) in [6.07, 6.45) is 0. The van der Waals surface area contributed by atoms with Crippen LogP contribution < -0.4 is 0 Å². The van der Waals surface area contributed by atoms with Gasteiger partial charge >= 0.3 is 0 Å². The molecule has 1 N–H and O–H groups in total. The fourth-order valence-electron chi connectivity index (χ4n) is 3.94. The molecule has 1 fully saturated rings. The van der Waals surface area contributed by atoms with E-state index >= 15 is 0 Å². The van der Waals surface area contributed by atoms with E-state index in [2.05, 4.69) is 9.88 Å². The monoisotopic (exact) mass is 445 g/mol. The molecule has 2 aromatic carbocycles. The van der Waals surface area contributed by atoms with Gasteiger partial charge < -0.3 is 14.8 Å². The average Bonchev–Trinajstić information content (AvgIpc) is 3.06. The number of nitrogens with one attached hydrogen (secondary N) is 1. The number of sulfone groups is 1. The van der Waals surface area contributed by atoms with E-state index in [1.807, 2.05) is 27.0 Å². The van der Waals surface area contributed by atoms with Gasteiger partial charge in [-0.1, -0.05) is 17.7 Å². The highest BCUT2D eigenvalue weighted by Crippen LogP contribution is 2.34. The lowest BCUT2D eigenvalue weighted by atomic mass is 10.2. The third-order valence-corrected chi connectivity index (χ3v) is 7.54. The molecular weight excluding hydrogens is 422 g/mol. The molecule has 1 aliphatic heterocycles. The van der Waals surface area contributed by atoms with Crippen LogP contribution in [0.3, 0.4) is 0 Å². The molecule has 4 rings (SSSR count). The highest BCUT2D eigenvalue weighted by molar-refractivity contribution is 7.91. The van der Waals surface area contributed by atoms with Gasteiger partial charge in [-0.05, 0) is 62.4 Å². The number of aromatic nitrogens is 1. The maximum atomic E-state index is 13.7. The topological polar surface area (TPSA) is 73.5 Å². The maximum absolute atomic E-state index is 13.7. The smallest absolute Gasteiger partial charge is 0.271 e. The lowest BCUT2D eigenvalue weighted by Gasteiger charge is -2.32. The summed E-state index contributed by atoms with van der Waals surface area (Å²) in [6.45, 7) is 6.31. The first-order chi connectivity index (χ1) is 14.2. The SMILES string of the molecule is Cc1cc(C)cc(S(=O)(=O)c2c(C(=O)N3CCN(C)CC3)[nH]c3ccc(Cl)cc23)c1. The number of H-pyrrole nitrogens is 1. The number of halogens is 1. The molecule has 0 aliphatic carbocycles. The number of aromatic amines is 1. The summed E-state index contributed by atoms with van der Waals surface area (Å²) in [5.41, 5.74) is 2.35. The van der Waals surface area contributed by atoms with Crippen LogP contribution in [0.25, 0.3) is 10.9 Å². The lowest BCUT2D eigenvalue weighted by molar-refractivity contribution is 0.0655. The molecule has 1 saturated heterocycles. The number of piperazine rings is 1. The van der Waals surface area contributed by atoms with Crippen LogP contribution in [0, 0.1) is 13.8 Å². The fourth-order valence-corrected chi connectivity index (χ4v) is 5.90. The van der Waals surface area contributed by atoms with Crippen LogP contribution in [-0.2, 0) is 9.84 Å². The predicted molar refractivity (Wildman–Crippen MR) is 118 cm³/mol. The Kier molecular flexibility index (Phi) is 5.38. The molecule has 1 amide bonds. The first-order valence-corrected chi connectivity index (χ1v) is 11.7. The second-order valence-corrected chi connectivity index (χ2v) is 10.3. The molecule has 3 aromatic rings. The Morgan fingerprint density at radius 3 is 2.27 bits per heavy atom. The van der Waals surface area contributed by atoms with Gasteiger partial charge in [-0.15, -0.1) is 0 Å². The minimum absolute atomic E-state index is 0.00562. The van der Waals surface area contributed by atoms with Crippen LogP contribution in [0.2, 0.25) is 5.02 Å². The van der Waals surface area contributed by atoms with Gasteiger partial charge in [-0.3, -0.25) is 4.79 Å². The molecule has 1 aliphatic rings. The molecule has 8 heteroatoms. The number of benzene rings is 2. The van der Waals surface area contributed by atoms with E-state index < -0.39 is 9.84 Å². The van der Waals surface area contributed by atoms with E-state index in [0.717, 1.165) is 24.2 Å². The molecule has 0 unspecified atom stereocenters. The Hall–Kier alpha value is -2.35. The normalized spacial score (nSPS) is 15.7. The van der Waals surface area contributed by atoms with Crippen molar-refractivity contribution in [1.29, 1.82) is 0 Å². The van der Waals surface area contributed by atoms with Crippen LogP contribution in [0.5, 0.6) is 0 Å². The van der Waals surface area contributed by atoms with Crippen molar-refractivity contribution in [3.63, 3.8) is 0 Å².